The van der Waals surface area contributed by atoms with E-state index in [2.05, 4.69) is 10.4 Å². The predicted octanol–water partition coefficient (Wildman–Crippen LogP) is 3.70. The number of carbonyl (C=O) groups excluding carboxylic acids is 1. The van der Waals surface area contributed by atoms with Gasteiger partial charge in [-0.2, -0.15) is 23.0 Å². The van der Waals surface area contributed by atoms with Crippen LogP contribution in [0.15, 0.2) is 41.2 Å². The van der Waals surface area contributed by atoms with Crippen molar-refractivity contribution in [2.45, 2.75) is 45.8 Å². The van der Waals surface area contributed by atoms with Gasteiger partial charge in [-0.25, -0.2) is 0 Å². The molecule has 3 heterocycles. The Morgan fingerprint density at radius 2 is 1.80 bits per heavy atom. The van der Waals surface area contributed by atoms with Crippen LogP contribution in [-0.4, -0.2) is 59.0 Å². The van der Waals surface area contributed by atoms with E-state index in [0.29, 0.717) is 48.4 Å². The Kier molecular flexibility index (Phi) is 7.26. The van der Waals surface area contributed by atoms with Crippen LogP contribution in [0.4, 0.5) is 24.5 Å². The number of carboxylic acid groups (broad SMARTS) is 1. The zero-order valence-corrected chi connectivity index (χ0v) is 22.9. The molecule has 9 nitrogen and oxygen atoms in total. The summed E-state index contributed by atoms with van der Waals surface area (Å²) in [7, 11) is 0. The highest BCUT2D eigenvalue weighted by Gasteiger charge is 2.37. The molecular formula is C29H30F3N5O4. The van der Waals surface area contributed by atoms with Crippen LogP contribution in [0.3, 0.4) is 0 Å². The normalized spacial score (nSPS) is 16.7. The molecule has 41 heavy (non-hydrogen) atoms. The SMILES string of the molecule is CC(=O)NC1CCN(c2ccc(C(F)(F)F)c(-n3nc(-c4cc(C)cc(C)c4)c4c(c3=O)N(CC(=O)O)CC4)c2)C1. The van der Waals surface area contributed by atoms with E-state index in [1.54, 1.807) is 0 Å². The molecule has 1 amide bonds. The second-order valence-electron chi connectivity index (χ2n) is 10.7. The van der Waals surface area contributed by atoms with Gasteiger partial charge in [0.05, 0.1) is 16.9 Å². The molecule has 1 unspecified atom stereocenters. The Balaban J connectivity index is 1.73. The summed E-state index contributed by atoms with van der Waals surface area (Å²) in [6, 6.07) is 9.06. The van der Waals surface area contributed by atoms with Crippen LogP contribution in [0.25, 0.3) is 16.9 Å². The Labute approximate surface area is 234 Å². The molecule has 2 aliphatic heterocycles. The van der Waals surface area contributed by atoms with Gasteiger partial charge in [-0.15, -0.1) is 0 Å². The molecule has 0 bridgehead atoms. The molecule has 2 aliphatic rings. The van der Waals surface area contributed by atoms with Crippen molar-refractivity contribution in [1.29, 1.82) is 0 Å². The summed E-state index contributed by atoms with van der Waals surface area (Å²) in [6.45, 7) is 5.84. The number of aryl methyl sites for hydroxylation is 2. The Bertz CT molecular complexity index is 1580. The third-order valence-electron chi connectivity index (χ3n) is 7.41. The van der Waals surface area contributed by atoms with Crippen LogP contribution >= 0.6 is 0 Å². The minimum absolute atomic E-state index is 0.0435. The van der Waals surface area contributed by atoms with Crippen LogP contribution in [0, 0.1) is 13.8 Å². The van der Waals surface area contributed by atoms with Gasteiger partial charge in [0.2, 0.25) is 5.91 Å². The lowest BCUT2D eigenvalue weighted by molar-refractivity contribution is -0.137. The summed E-state index contributed by atoms with van der Waals surface area (Å²) in [5.74, 6) is -1.35. The zero-order valence-electron chi connectivity index (χ0n) is 22.9. The van der Waals surface area contributed by atoms with E-state index in [1.165, 1.54) is 24.0 Å². The second-order valence-corrected chi connectivity index (χ2v) is 10.7. The highest BCUT2D eigenvalue weighted by molar-refractivity contribution is 5.79. The van der Waals surface area contributed by atoms with E-state index in [4.69, 9.17) is 0 Å². The molecular weight excluding hydrogens is 539 g/mol. The molecule has 1 saturated heterocycles. The number of carboxylic acids is 1. The van der Waals surface area contributed by atoms with Crippen molar-refractivity contribution in [1.82, 2.24) is 15.1 Å². The Morgan fingerprint density at radius 3 is 2.44 bits per heavy atom. The van der Waals surface area contributed by atoms with E-state index >= 15 is 0 Å². The molecule has 12 heteroatoms. The molecule has 0 radical (unpaired) electrons. The van der Waals surface area contributed by atoms with Gasteiger partial charge >= 0.3 is 12.1 Å². The number of hydrogen-bond donors (Lipinski definition) is 2. The molecule has 0 spiro atoms. The third kappa shape index (κ3) is 5.63. The minimum atomic E-state index is -4.79. The third-order valence-corrected chi connectivity index (χ3v) is 7.41. The summed E-state index contributed by atoms with van der Waals surface area (Å²) in [6.07, 6.45) is -3.84. The van der Waals surface area contributed by atoms with Gasteiger partial charge < -0.3 is 20.2 Å². The molecule has 0 saturated carbocycles. The number of nitrogens with zero attached hydrogens (tertiary/aromatic N) is 4. The first-order valence-corrected chi connectivity index (χ1v) is 13.3. The quantitative estimate of drug-likeness (QED) is 0.466. The first-order chi connectivity index (χ1) is 19.3. The maximum Gasteiger partial charge on any atom is 0.418 e. The number of carbonyl (C=O) groups is 2. The number of anilines is 2. The lowest BCUT2D eigenvalue weighted by Gasteiger charge is -2.23. The minimum Gasteiger partial charge on any atom is -0.480 e. The molecule has 1 fully saturated rings. The molecule has 2 N–H and O–H groups in total. The number of fused-ring (bicyclic) bond motifs is 1. The van der Waals surface area contributed by atoms with E-state index < -0.39 is 35.5 Å². The smallest absolute Gasteiger partial charge is 0.418 e. The van der Waals surface area contributed by atoms with Gasteiger partial charge in [0, 0.05) is 49.4 Å². The van der Waals surface area contributed by atoms with Crippen LogP contribution in [0.1, 0.15) is 35.6 Å². The number of amides is 1. The standard InChI is InChI=1S/C29H30F3N5O4/c1-16-10-17(2)12-19(11-16)26-22-7-9-36(15-25(39)40)27(22)28(41)37(34-26)24-13-21(4-5-23(24)29(30,31)32)35-8-6-20(14-35)33-18(3)38/h4-5,10-13,20H,6-9,14-15H2,1-3H3,(H,33,38)(H,39,40). The van der Waals surface area contributed by atoms with Crippen LogP contribution in [-0.2, 0) is 22.2 Å². The van der Waals surface area contributed by atoms with Gasteiger partial charge in [0.1, 0.15) is 12.2 Å². The largest absolute Gasteiger partial charge is 0.480 e. The molecule has 0 aliphatic carbocycles. The first-order valence-electron chi connectivity index (χ1n) is 13.3. The number of nitrogens with one attached hydrogen (secondary N) is 1. The first kappa shape index (κ1) is 28.2. The van der Waals surface area contributed by atoms with Gasteiger partial charge in [0.15, 0.2) is 0 Å². The lowest BCUT2D eigenvalue weighted by atomic mass is 10.0. The van der Waals surface area contributed by atoms with E-state index in [-0.39, 0.29) is 24.2 Å². The highest BCUT2D eigenvalue weighted by atomic mass is 19.4. The zero-order chi connectivity index (χ0) is 29.6. The summed E-state index contributed by atoms with van der Waals surface area (Å²) >= 11 is 0. The van der Waals surface area contributed by atoms with E-state index in [1.807, 2.05) is 36.9 Å². The number of hydrogen-bond acceptors (Lipinski definition) is 6. The van der Waals surface area contributed by atoms with Gasteiger partial charge in [-0.1, -0.05) is 17.2 Å². The number of rotatable bonds is 6. The fraction of sp³-hybridized carbons (Fsp3) is 0.379. The number of benzene rings is 2. The molecule has 1 aromatic heterocycles. The summed E-state index contributed by atoms with van der Waals surface area (Å²) in [5, 5.41) is 16.8. The lowest BCUT2D eigenvalue weighted by Crippen LogP contribution is -2.36. The van der Waals surface area contributed by atoms with Crippen molar-refractivity contribution in [2.24, 2.45) is 0 Å². The fourth-order valence-electron chi connectivity index (χ4n) is 5.83. The van der Waals surface area contributed by atoms with Crippen molar-refractivity contribution < 1.29 is 27.9 Å². The van der Waals surface area contributed by atoms with E-state index in [9.17, 15) is 32.7 Å². The second kappa shape index (κ2) is 10.6. The number of alkyl halides is 3. The van der Waals surface area contributed by atoms with Crippen LogP contribution in [0.5, 0.6) is 0 Å². The molecule has 216 valence electrons. The van der Waals surface area contributed by atoms with Crippen molar-refractivity contribution in [3.8, 4) is 16.9 Å². The predicted molar refractivity (Wildman–Crippen MR) is 148 cm³/mol. The maximum absolute atomic E-state index is 14.3. The number of halogens is 3. The average molecular weight is 570 g/mol. The highest BCUT2D eigenvalue weighted by Crippen LogP contribution is 2.38. The fourth-order valence-corrected chi connectivity index (χ4v) is 5.83. The van der Waals surface area contributed by atoms with Crippen molar-refractivity contribution in [3.63, 3.8) is 0 Å². The topological polar surface area (TPSA) is 108 Å². The monoisotopic (exact) mass is 569 g/mol. The van der Waals surface area contributed by atoms with Gasteiger partial charge in [-0.3, -0.25) is 14.4 Å². The van der Waals surface area contributed by atoms with Crippen molar-refractivity contribution in [3.05, 3.63) is 69.0 Å². The van der Waals surface area contributed by atoms with Gasteiger partial charge in [-0.05, 0) is 57.0 Å². The maximum atomic E-state index is 14.3. The average Bonchev–Trinajstić information content (AvgIpc) is 3.50. The summed E-state index contributed by atoms with van der Waals surface area (Å²) < 4.78 is 43.8. The molecule has 1 atom stereocenters. The molecule has 3 aromatic rings. The number of aliphatic carboxylic acids is 1. The van der Waals surface area contributed by atoms with Crippen LogP contribution in [0.2, 0.25) is 0 Å². The summed E-state index contributed by atoms with van der Waals surface area (Å²) in [5.41, 5.74) is 1.50. The van der Waals surface area contributed by atoms with Crippen LogP contribution < -0.4 is 20.7 Å². The Morgan fingerprint density at radius 1 is 1.10 bits per heavy atom. The van der Waals surface area contributed by atoms with E-state index in [0.717, 1.165) is 21.9 Å². The van der Waals surface area contributed by atoms with Crippen molar-refractivity contribution >= 4 is 23.3 Å². The summed E-state index contributed by atoms with van der Waals surface area (Å²) in [4.78, 5) is 40.2. The molecule has 5 rings (SSSR count). The van der Waals surface area contributed by atoms with Gasteiger partial charge in [0.25, 0.3) is 5.56 Å². The number of aromatic nitrogens is 2. The Hall–Kier alpha value is -4.35. The van der Waals surface area contributed by atoms with Crippen molar-refractivity contribution in [2.75, 3.05) is 36.0 Å². The molecule has 2 aromatic carbocycles.